The lowest BCUT2D eigenvalue weighted by Gasteiger charge is -2.26. The summed E-state index contributed by atoms with van der Waals surface area (Å²) >= 11 is 0. The van der Waals surface area contributed by atoms with Gasteiger partial charge in [0, 0.05) is 0 Å². The van der Waals surface area contributed by atoms with Crippen molar-refractivity contribution in [3.05, 3.63) is 29.8 Å². The number of rotatable bonds is 4. The molecule has 0 spiro atoms. The predicted molar refractivity (Wildman–Crippen MR) is 62.3 cm³/mol. The van der Waals surface area contributed by atoms with E-state index in [-0.39, 0.29) is 5.91 Å². The number of amides is 1. The minimum Gasteiger partial charge on any atom is -0.497 e. The van der Waals surface area contributed by atoms with E-state index in [0.717, 1.165) is 24.2 Å². The van der Waals surface area contributed by atoms with E-state index in [0.29, 0.717) is 5.92 Å². The first kappa shape index (κ1) is 11.0. The molecule has 1 aliphatic rings. The molecule has 0 radical (unpaired) electrons. The van der Waals surface area contributed by atoms with E-state index in [1.54, 1.807) is 7.11 Å². The zero-order valence-corrected chi connectivity index (χ0v) is 9.69. The summed E-state index contributed by atoms with van der Waals surface area (Å²) in [6.45, 7) is 1.94. The summed E-state index contributed by atoms with van der Waals surface area (Å²) in [6, 6.07) is 7.61. The number of hydrogen-bond donors (Lipinski definition) is 1. The SMILES string of the molecule is COc1ccc(C(C)(C(N)=O)C2CC2)cc1. The minimum atomic E-state index is -0.522. The maximum atomic E-state index is 11.6. The molecule has 1 amide bonds. The summed E-state index contributed by atoms with van der Waals surface area (Å²) in [5, 5.41) is 0. The van der Waals surface area contributed by atoms with Gasteiger partial charge >= 0.3 is 0 Å². The zero-order valence-electron chi connectivity index (χ0n) is 9.69. The Morgan fingerprint density at radius 2 is 1.94 bits per heavy atom. The second kappa shape index (κ2) is 3.81. The monoisotopic (exact) mass is 219 g/mol. The molecule has 2 N–H and O–H groups in total. The van der Waals surface area contributed by atoms with E-state index in [4.69, 9.17) is 10.5 Å². The van der Waals surface area contributed by atoms with Crippen LogP contribution in [-0.4, -0.2) is 13.0 Å². The van der Waals surface area contributed by atoms with Gasteiger partial charge < -0.3 is 10.5 Å². The molecule has 3 heteroatoms. The molecular weight excluding hydrogens is 202 g/mol. The van der Waals surface area contributed by atoms with E-state index in [1.165, 1.54) is 0 Å². The first-order valence-electron chi connectivity index (χ1n) is 5.53. The largest absolute Gasteiger partial charge is 0.497 e. The highest BCUT2D eigenvalue weighted by Gasteiger charge is 2.47. The summed E-state index contributed by atoms with van der Waals surface area (Å²) in [4.78, 5) is 11.6. The fourth-order valence-electron chi connectivity index (χ4n) is 2.18. The van der Waals surface area contributed by atoms with E-state index >= 15 is 0 Å². The van der Waals surface area contributed by atoms with Crippen LogP contribution in [0, 0.1) is 5.92 Å². The predicted octanol–water partition coefficient (Wildman–Crippen LogP) is 1.85. The third kappa shape index (κ3) is 1.66. The molecular formula is C13H17NO2. The average Bonchev–Trinajstić information content (AvgIpc) is 3.12. The second-order valence-corrected chi connectivity index (χ2v) is 4.57. The quantitative estimate of drug-likeness (QED) is 0.840. The van der Waals surface area contributed by atoms with Crippen LogP contribution in [-0.2, 0) is 10.2 Å². The molecule has 0 aromatic heterocycles. The summed E-state index contributed by atoms with van der Waals surface area (Å²) in [7, 11) is 1.63. The van der Waals surface area contributed by atoms with Crippen molar-refractivity contribution >= 4 is 5.91 Å². The number of carbonyl (C=O) groups is 1. The van der Waals surface area contributed by atoms with Crippen molar-refractivity contribution in [1.29, 1.82) is 0 Å². The van der Waals surface area contributed by atoms with Crippen molar-refractivity contribution in [2.45, 2.75) is 25.2 Å². The zero-order chi connectivity index (χ0) is 11.8. The molecule has 86 valence electrons. The molecule has 16 heavy (non-hydrogen) atoms. The summed E-state index contributed by atoms with van der Waals surface area (Å²) in [5.74, 6) is 0.963. The molecule has 2 rings (SSSR count). The standard InChI is InChI=1S/C13H17NO2/c1-13(12(14)15,9-3-4-9)10-5-7-11(16-2)8-6-10/h5-9H,3-4H2,1-2H3,(H2,14,15). The summed E-state index contributed by atoms with van der Waals surface area (Å²) in [6.07, 6.45) is 2.18. The highest BCUT2D eigenvalue weighted by atomic mass is 16.5. The Balaban J connectivity index is 2.35. The van der Waals surface area contributed by atoms with Gasteiger partial charge in [-0.3, -0.25) is 4.79 Å². The topological polar surface area (TPSA) is 52.3 Å². The molecule has 1 aliphatic carbocycles. The number of nitrogens with two attached hydrogens (primary N) is 1. The number of hydrogen-bond acceptors (Lipinski definition) is 2. The summed E-state index contributed by atoms with van der Waals surface area (Å²) in [5.41, 5.74) is 6.01. The Morgan fingerprint density at radius 3 is 2.31 bits per heavy atom. The fraction of sp³-hybridized carbons (Fsp3) is 0.462. The summed E-state index contributed by atoms with van der Waals surface area (Å²) < 4.78 is 5.10. The van der Waals surface area contributed by atoms with Crippen LogP contribution < -0.4 is 10.5 Å². The number of primary amides is 1. The molecule has 1 aromatic rings. The van der Waals surface area contributed by atoms with E-state index in [1.807, 2.05) is 31.2 Å². The Labute approximate surface area is 95.6 Å². The van der Waals surface area contributed by atoms with Crippen molar-refractivity contribution in [2.24, 2.45) is 11.7 Å². The van der Waals surface area contributed by atoms with Gasteiger partial charge in [0.2, 0.25) is 5.91 Å². The lowest BCUT2D eigenvalue weighted by Crippen LogP contribution is -2.40. The van der Waals surface area contributed by atoms with Gasteiger partial charge in [0.25, 0.3) is 0 Å². The third-order valence-electron chi connectivity index (χ3n) is 3.60. The third-order valence-corrected chi connectivity index (χ3v) is 3.60. The number of benzene rings is 1. The molecule has 1 atom stereocenters. The maximum Gasteiger partial charge on any atom is 0.228 e. The molecule has 3 nitrogen and oxygen atoms in total. The van der Waals surface area contributed by atoms with E-state index in [2.05, 4.69) is 0 Å². The lowest BCUT2D eigenvalue weighted by atomic mass is 9.77. The van der Waals surface area contributed by atoms with E-state index < -0.39 is 5.41 Å². The normalized spacial score (nSPS) is 18.9. The Hall–Kier alpha value is -1.51. The molecule has 1 saturated carbocycles. The molecule has 0 bridgehead atoms. The van der Waals surface area contributed by atoms with Crippen molar-refractivity contribution in [3.63, 3.8) is 0 Å². The first-order chi connectivity index (χ1) is 7.59. The lowest BCUT2D eigenvalue weighted by molar-refractivity contribution is -0.123. The van der Waals surface area contributed by atoms with Gasteiger partial charge in [-0.15, -0.1) is 0 Å². The number of carbonyl (C=O) groups excluding carboxylic acids is 1. The highest BCUT2D eigenvalue weighted by molar-refractivity contribution is 5.87. The van der Waals surface area contributed by atoms with Crippen molar-refractivity contribution in [1.82, 2.24) is 0 Å². The molecule has 1 fully saturated rings. The second-order valence-electron chi connectivity index (χ2n) is 4.57. The van der Waals surface area contributed by atoms with Crippen LogP contribution in [0.25, 0.3) is 0 Å². The molecule has 0 aliphatic heterocycles. The Morgan fingerprint density at radius 1 is 1.38 bits per heavy atom. The van der Waals surface area contributed by atoms with Crippen LogP contribution in [0.5, 0.6) is 5.75 Å². The van der Waals surface area contributed by atoms with Gasteiger partial charge in [-0.25, -0.2) is 0 Å². The van der Waals surface area contributed by atoms with Crippen molar-refractivity contribution < 1.29 is 9.53 Å². The van der Waals surface area contributed by atoms with Crippen LogP contribution in [0.1, 0.15) is 25.3 Å². The van der Waals surface area contributed by atoms with Crippen molar-refractivity contribution in [2.75, 3.05) is 7.11 Å². The Bertz CT molecular complexity index is 395. The van der Waals surface area contributed by atoms with Crippen LogP contribution in [0.3, 0.4) is 0 Å². The average molecular weight is 219 g/mol. The van der Waals surface area contributed by atoms with Crippen LogP contribution in [0.4, 0.5) is 0 Å². The molecule has 1 aromatic carbocycles. The van der Waals surface area contributed by atoms with Gasteiger partial charge in [-0.2, -0.15) is 0 Å². The number of ether oxygens (including phenoxy) is 1. The van der Waals surface area contributed by atoms with Crippen LogP contribution in [0.2, 0.25) is 0 Å². The molecule has 0 heterocycles. The van der Waals surface area contributed by atoms with Crippen LogP contribution >= 0.6 is 0 Å². The highest BCUT2D eigenvalue weighted by Crippen LogP contribution is 2.47. The fourth-order valence-corrected chi connectivity index (χ4v) is 2.18. The smallest absolute Gasteiger partial charge is 0.228 e. The molecule has 1 unspecified atom stereocenters. The Kier molecular flexibility index (Phi) is 2.62. The molecule has 0 saturated heterocycles. The van der Waals surface area contributed by atoms with Crippen molar-refractivity contribution in [3.8, 4) is 5.75 Å². The minimum absolute atomic E-state index is 0.236. The number of methoxy groups -OCH3 is 1. The van der Waals surface area contributed by atoms with E-state index in [9.17, 15) is 4.79 Å². The maximum absolute atomic E-state index is 11.6. The van der Waals surface area contributed by atoms with Gasteiger partial charge in [-0.05, 0) is 43.4 Å². The van der Waals surface area contributed by atoms with Crippen LogP contribution in [0.15, 0.2) is 24.3 Å². The first-order valence-corrected chi connectivity index (χ1v) is 5.53. The van der Waals surface area contributed by atoms with Gasteiger partial charge in [-0.1, -0.05) is 12.1 Å². The van der Waals surface area contributed by atoms with Gasteiger partial charge in [0.1, 0.15) is 5.75 Å². The van der Waals surface area contributed by atoms with Gasteiger partial charge in [0.15, 0.2) is 0 Å². The van der Waals surface area contributed by atoms with Gasteiger partial charge in [0.05, 0.1) is 12.5 Å².